The van der Waals surface area contributed by atoms with Crippen molar-refractivity contribution in [2.75, 3.05) is 11.9 Å². The molecule has 0 fully saturated rings. The number of aromatic nitrogens is 2. The summed E-state index contributed by atoms with van der Waals surface area (Å²) in [5, 5.41) is 2.67. The fraction of sp³-hybridized carbons (Fsp3) is 0.250. The Hall–Kier alpha value is -3.36. The van der Waals surface area contributed by atoms with Crippen molar-refractivity contribution in [3.63, 3.8) is 0 Å². The summed E-state index contributed by atoms with van der Waals surface area (Å²) in [5.41, 5.74) is 5.19. The predicted octanol–water partition coefficient (Wildman–Crippen LogP) is -0.193. The Morgan fingerprint density at radius 3 is 2.68 bits per heavy atom. The number of nitrogens with one attached hydrogen (secondary N) is 3. The minimum absolute atomic E-state index is 0.0579. The van der Waals surface area contributed by atoms with Crippen LogP contribution in [0.25, 0.3) is 0 Å². The first-order chi connectivity index (χ1) is 11.8. The summed E-state index contributed by atoms with van der Waals surface area (Å²) in [6.45, 7) is 1.34. The number of carbonyl (C=O) groups is 2. The largest absolute Gasteiger partial charge is 0.484 e. The Kier molecular flexibility index (Phi) is 5.72. The molecule has 2 rings (SSSR count). The number of nitrogens with two attached hydrogens (primary N) is 1. The van der Waals surface area contributed by atoms with Crippen LogP contribution < -0.4 is 27.0 Å². The molecule has 5 N–H and O–H groups in total. The van der Waals surface area contributed by atoms with Crippen molar-refractivity contribution < 1.29 is 14.3 Å². The van der Waals surface area contributed by atoms with Crippen LogP contribution >= 0.6 is 0 Å². The lowest BCUT2D eigenvalue weighted by Gasteiger charge is -2.08. The van der Waals surface area contributed by atoms with E-state index in [4.69, 9.17) is 10.5 Å². The van der Waals surface area contributed by atoms with Crippen LogP contribution in [0.4, 0.5) is 5.69 Å². The number of benzene rings is 1. The first-order valence-corrected chi connectivity index (χ1v) is 7.48. The van der Waals surface area contributed by atoms with E-state index in [0.29, 0.717) is 22.7 Å². The highest BCUT2D eigenvalue weighted by Gasteiger charge is 2.10. The molecular weight excluding hydrogens is 328 g/mol. The number of primary amides is 1. The van der Waals surface area contributed by atoms with E-state index in [1.54, 1.807) is 31.2 Å². The summed E-state index contributed by atoms with van der Waals surface area (Å²) >= 11 is 0. The highest BCUT2D eigenvalue weighted by Crippen LogP contribution is 2.17. The molecule has 0 saturated carbocycles. The number of anilines is 1. The number of amides is 2. The second kappa shape index (κ2) is 7.95. The average Bonchev–Trinajstić information content (AvgIpc) is 2.52. The minimum atomic E-state index is -0.601. The molecule has 0 unspecified atom stereocenters. The van der Waals surface area contributed by atoms with Gasteiger partial charge in [-0.1, -0.05) is 6.07 Å². The molecule has 1 aromatic carbocycles. The van der Waals surface area contributed by atoms with Gasteiger partial charge in [-0.15, -0.1) is 0 Å². The molecule has 9 heteroatoms. The highest BCUT2D eigenvalue weighted by molar-refractivity contribution is 5.91. The molecule has 0 saturated heterocycles. The Bertz CT molecular complexity index is 900. The molecule has 0 aliphatic heterocycles. The van der Waals surface area contributed by atoms with Gasteiger partial charge >= 0.3 is 5.69 Å². The standard InChI is InChI=1S/C16H18N4O5/c1-9-12(15(23)20-16(24)18-9)5-6-14(22)19-10-3-2-4-11(7-10)25-8-13(17)21/h2-4,7H,5-6,8H2,1H3,(H2,17,21)(H,19,22)(H2,18,20,23,24). The maximum Gasteiger partial charge on any atom is 0.325 e. The molecule has 132 valence electrons. The van der Waals surface area contributed by atoms with Gasteiger partial charge < -0.3 is 20.8 Å². The van der Waals surface area contributed by atoms with Crippen LogP contribution in [0.2, 0.25) is 0 Å². The van der Waals surface area contributed by atoms with Crippen molar-refractivity contribution in [2.45, 2.75) is 19.8 Å². The van der Waals surface area contributed by atoms with Gasteiger partial charge in [-0.3, -0.25) is 19.4 Å². The third kappa shape index (κ3) is 5.34. The van der Waals surface area contributed by atoms with E-state index < -0.39 is 17.2 Å². The van der Waals surface area contributed by atoms with E-state index in [0.717, 1.165) is 0 Å². The highest BCUT2D eigenvalue weighted by atomic mass is 16.5. The maximum absolute atomic E-state index is 12.0. The van der Waals surface area contributed by atoms with Gasteiger partial charge in [0.15, 0.2) is 6.61 Å². The van der Waals surface area contributed by atoms with Crippen LogP contribution in [0.5, 0.6) is 5.75 Å². The molecule has 0 aliphatic carbocycles. The lowest BCUT2D eigenvalue weighted by atomic mass is 10.1. The smallest absolute Gasteiger partial charge is 0.325 e. The second-order valence-electron chi connectivity index (χ2n) is 5.34. The van der Waals surface area contributed by atoms with Gasteiger partial charge in [-0.05, 0) is 25.5 Å². The van der Waals surface area contributed by atoms with E-state index in [1.807, 2.05) is 0 Å². The molecule has 0 spiro atoms. The molecule has 0 aliphatic rings. The van der Waals surface area contributed by atoms with Crippen LogP contribution in [0, 0.1) is 6.92 Å². The second-order valence-corrected chi connectivity index (χ2v) is 5.34. The topological polar surface area (TPSA) is 147 Å². The Balaban J connectivity index is 1.97. The van der Waals surface area contributed by atoms with E-state index in [2.05, 4.69) is 15.3 Å². The number of hydrogen-bond acceptors (Lipinski definition) is 5. The molecule has 25 heavy (non-hydrogen) atoms. The molecule has 1 heterocycles. The Morgan fingerprint density at radius 1 is 1.24 bits per heavy atom. The molecule has 0 bridgehead atoms. The van der Waals surface area contributed by atoms with Crippen LogP contribution in [0.15, 0.2) is 33.9 Å². The zero-order valence-corrected chi connectivity index (χ0v) is 13.5. The number of carbonyl (C=O) groups excluding carboxylic acids is 2. The number of rotatable bonds is 7. The average molecular weight is 346 g/mol. The zero-order valence-electron chi connectivity index (χ0n) is 13.5. The summed E-state index contributed by atoms with van der Waals surface area (Å²) in [6.07, 6.45) is 0.240. The summed E-state index contributed by atoms with van der Waals surface area (Å²) < 4.78 is 5.16. The summed E-state index contributed by atoms with van der Waals surface area (Å²) in [6, 6.07) is 6.50. The Labute approximate surface area is 142 Å². The maximum atomic E-state index is 12.0. The fourth-order valence-corrected chi connectivity index (χ4v) is 2.21. The van der Waals surface area contributed by atoms with Gasteiger partial charge in [-0.2, -0.15) is 0 Å². The Morgan fingerprint density at radius 2 is 2.00 bits per heavy atom. The quantitative estimate of drug-likeness (QED) is 0.548. The molecule has 0 atom stereocenters. The van der Waals surface area contributed by atoms with E-state index in [9.17, 15) is 19.2 Å². The third-order valence-corrected chi connectivity index (χ3v) is 3.36. The molecule has 0 radical (unpaired) electrons. The van der Waals surface area contributed by atoms with Crippen LogP contribution in [-0.4, -0.2) is 28.4 Å². The summed E-state index contributed by atoms with van der Waals surface area (Å²) in [7, 11) is 0. The predicted molar refractivity (Wildman–Crippen MR) is 90.5 cm³/mol. The van der Waals surface area contributed by atoms with E-state index >= 15 is 0 Å². The van der Waals surface area contributed by atoms with E-state index in [1.165, 1.54) is 0 Å². The SMILES string of the molecule is Cc1[nH]c(=O)[nH]c(=O)c1CCC(=O)Nc1cccc(OCC(N)=O)c1. The van der Waals surface area contributed by atoms with Gasteiger partial charge in [0.25, 0.3) is 11.5 Å². The number of H-pyrrole nitrogens is 2. The van der Waals surface area contributed by atoms with Crippen molar-refractivity contribution in [3.05, 3.63) is 56.4 Å². The molecule has 2 aromatic rings. The van der Waals surface area contributed by atoms with Crippen LogP contribution in [0.3, 0.4) is 0 Å². The molecule has 9 nitrogen and oxygen atoms in total. The van der Waals surface area contributed by atoms with E-state index in [-0.39, 0.29) is 25.4 Å². The van der Waals surface area contributed by atoms with Gasteiger partial charge in [0, 0.05) is 29.4 Å². The van der Waals surface area contributed by atoms with Crippen molar-refractivity contribution >= 4 is 17.5 Å². The summed E-state index contributed by atoms with van der Waals surface area (Å²) in [5.74, 6) is -0.516. The van der Waals surface area contributed by atoms with Gasteiger partial charge in [0.2, 0.25) is 5.91 Å². The first-order valence-electron chi connectivity index (χ1n) is 7.48. The summed E-state index contributed by atoms with van der Waals surface area (Å²) in [4.78, 5) is 50.2. The number of hydrogen-bond donors (Lipinski definition) is 4. The van der Waals surface area contributed by atoms with Crippen molar-refractivity contribution in [3.8, 4) is 5.75 Å². The minimum Gasteiger partial charge on any atom is -0.484 e. The van der Waals surface area contributed by atoms with Crippen molar-refractivity contribution in [1.82, 2.24) is 9.97 Å². The monoisotopic (exact) mass is 346 g/mol. The molecule has 1 aromatic heterocycles. The third-order valence-electron chi connectivity index (χ3n) is 3.36. The van der Waals surface area contributed by atoms with Crippen molar-refractivity contribution in [2.24, 2.45) is 5.73 Å². The first kappa shape index (κ1) is 18.0. The molecule has 2 amide bonds. The normalized spacial score (nSPS) is 10.3. The van der Waals surface area contributed by atoms with Crippen LogP contribution in [-0.2, 0) is 16.0 Å². The van der Waals surface area contributed by atoms with Gasteiger partial charge in [0.1, 0.15) is 5.75 Å². The zero-order chi connectivity index (χ0) is 18.4. The van der Waals surface area contributed by atoms with Crippen molar-refractivity contribution in [1.29, 1.82) is 0 Å². The number of aromatic amines is 2. The lowest BCUT2D eigenvalue weighted by molar-refractivity contribution is -0.120. The van der Waals surface area contributed by atoms with Gasteiger partial charge in [-0.25, -0.2) is 4.79 Å². The molecular formula is C16H18N4O5. The van der Waals surface area contributed by atoms with Gasteiger partial charge in [0.05, 0.1) is 0 Å². The fourth-order valence-electron chi connectivity index (χ4n) is 2.21. The lowest BCUT2D eigenvalue weighted by Crippen LogP contribution is -2.27. The van der Waals surface area contributed by atoms with Crippen LogP contribution in [0.1, 0.15) is 17.7 Å². The number of aryl methyl sites for hydroxylation is 1. The number of ether oxygens (including phenoxy) is 1.